The van der Waals surface area contributed by atoms with Crippen molar-refractivity contribution in [3.05, 3.63) is 41.5 Å². The molecular formula is C11H8ClN. The van der Waals surface area contributed by atoms with E-state index in [2.05, 4.69) is 6.07 Å². The van der Waals surface area contributed by atoms with Crippen LogP contribution in [0.1, 0.15) is 11.1 Å². The van der Waals surface area contributed by atoms with E-state index >= 15 is 0 Å². The highest BCUT2D eigenvalue weighted by Gasteiger charge is 2.23. The third-order valence-corrected chi connectivity index (χ3v) is 2.67. The molecule has 0 spiro atoms. The van der Waals surface area contributed by atoms with E-state index in [0.29, 0.717) is 0 Å². The average Bonchev–Trinajstić information content (AvgIpc) is 2.44. The number of fused-ring (bicyclic) bond motifs is 1. The molecule has 0 N–H and O–H groups in total. The zero-order chi connectivity index (χ0) is 9.26. The first-order valence-corrected chi connectivity index (χ1v) is 4.58. The van der Waals surface area contributed by atoms with Gasteiger partial charge in [0.25, 0.3) is 0 Å². The Morgan fingerprint density at radius 1 is 1.46 bits per heavy atom. The molecule has 0 unspecified atom stereocenters. The number of benzene rings is 1. The topological polar surface area (TPSA) is 23.8 Å². The van der Waals surface area contributed by atoms with Crippen molar-refractivity contribution in [3.8, 4) is 6.07 Å². The van der Waals surface area contributed by atoms with E-state index in [1.54, 1.807) is 6.08 Å². The number of halogens is 1. The lowest BCUT2D eigenvalue weighted by atomic mass is 10.1. The first-order valence-electron chi connectivity index (χ1n) is 4.15. The molecule has 0 aliphatic heterocycles. The lowest BCUT2D eigenvalue weighted by Crippen LogP contribution is -1.93. The smallest absolute Gasteiger partial charge is 0.0915 e. The van der Waals surface area contributed by atoms with Gasteiger partial charge in [-0.15, -0.1) is 11.6 Å². The summed E-state index contributed by atoms with van der Waals surface area (Å²) in [5.41, 5.74) is 3.33. The Balaban J connectivity index is 2.54. The fourth-order valence-electron chi connectivity index (χ4n) is 1.69. The normalized spacial score (nSPS) is 22.8. The summed E-state index contributed by atoms with van der Waals surface area (Å²) in [6, 6.07) is 10.1. The van der Waals surface area contributed by atoms with E-state index in [9.17, 15) is 0 Å². The lowest BCUT2D eigenvalue weighted by Gasteiger charge is -1.99. The van der Waals surface area contributed by atoms with Gasteiger partial charge in [0.05, 0.1) is 11.4 Å². The van der Waals surface area contributed by atoms with Crippen molar-refractivity contribution in [3.63, 3.8) is 0 Å². The summed E-state index contributed by atoms with van der Waals surface area (Å²) in [4.78, 5) is 0. The van der Waals surface area contributed by atoms with Crippen LogP contribution in [-0.4, -0.2) is 5.38 Å². The van der Waals surface area contributed by atoms with E-state index in [1.807, 2.05) is 24.3 Å². The summed E-state index contributed by atoms with van der Waals surface area (Å²) in [5, 5.41) is 8.55. The van der Waals surface area contributed by atoms with Crippen molar-refractivity contribution in [2.75, 3.05) is 0 Å². The van der Waals surface area contributed by atoms with Crippen molar-refractivity contribution in [1.82, 2.24) is 0 Å². The van der Waals surface area contributed by atoms with Gasteiger partial charge in [-0.05, 0) is 23.1 Å². The minimum Gasteiger partial charge on any atom is -0.193 e. The van der Waals surface area contributed by atoms with E-state index in [1.165, 1.54) is 5.56 Å². The van der Waals surface area contributed by atoms with Gasteiger partial charge in [-0.25, -0.2) is 0 Å². The van der Waals surface area contributed by atoms with E-state index in [0.717, 1.165) is 17.6 Å². The monoisotopic (exact) mass is 189 g/mol. The van der Waals surface area contributed by atoms with Crippen molar-refractivity contribution in [2.45, 2.75) is 11.8 Å². The second-order valence-electron chi connectivity index (χ2n) is 3.06. The van der Waals surface area contributed by atoms with Crippen LogP contribution in [0.15, 0.2) is 30.3 Å². The second-order valence-corrected chi connectivity index (χ2v) is 3.58. The Labute approximate surface area is 82.3 Å². The maximum Gasteiger partial charge on any atom is 0.0915 e. The minimum atomic E-state index is -0.0305. The zero-order valence-corrected chi connectivity index (χ0v) is 7.75. The Morgan fingerprint density at radius 2 is 2.23 bits per heavy atom. The molecule has 0 aromatic heterocycles. The molecular weight excluding hydrogens is 182 g/mol. The van der Waals surface area contributed by atoms with E-state index in [-0.39, 0.29) is 5.38 Å². The summed E-state index contributed by atoms with van der Waals surface area (Å²) in [6.07, 6.45) is 2.38. The number of alkyl halides is 1. The van der Waals surface area contributed by atoms with Crippen LogP contribution in [0.2, 0.25) is 0 Å². The third kappa shape index (κ3) is 1.34. The number of hydrogen-bond donors (Lipinski definition) is 0. The molecule has 64 valence electrons. The van der Waals surface area contributed by atoms with Gasteiger partial charge in [-0.1, -0.05) is 24.3 Å². The predicted octanol–water partition coefficient (Wildman–Crippen LogP) is 2.76. The Hall–Kier alpha value is -1.26. The molecule has 1 nitrogen and oxygen atoms in total. The van der Waals surface area contributed by atoms with Crippen LogP contribution in [-0.2, 0) is 6.42 Å². The molecule has 13 heavy (non-hydrogen) atoms. The van der Waals surface area contributed by atoms with Crippen LogP contribution < -0.4 is 0 Å². The van der Waals surface area contributed by atoms with Gasteiger partial charge in [-0.3, -0.25) is 0 Å². The summed E-state index contributed by atoms with van der Waals surface area (Å²) in [7, 11) is 0. The quantitative estimate of drug-likeness (QED) is 0.455. The first kappa shape index (κ1) is 8.34. The maximum absolute atomic E-state index is 8.58. The summed E-state index contributed by atoms with van der Waals surface area (Å²) < 4.78 is 0. The van der Waals surface area contributed by atoms with Gasteiger partial charge < -0.3 is 0 Å². The lowest BCUT2D eigenvalue weighted by molar-refractivity contribution is 1.09. The Kier molecular flexibility index (Phi) is 2.08. The van der Waals surface area contributed by atoms with Gasteiger partial charge in [-0.2, -0.15) is 5.26 Å². The molecule has 0 heterocycles. The fraction of sp³-hybridized carbons (Fsp3) is 0.182. The predicted molar refractivity (Wildman–Crippen MR) is 53.4 cm³/mol. The number of rotatable bonds is 0. The molecule has 0 saturated heterocycles. The Bertz CT molecular complexity index is 401. The molecule has 1 aliphatic carbocycles. The second kappa shape index (κ2) is 3.24. The molecule has 0 radical (unpaired) electrons. The highest BCUT2D eigenvalue weighted by molar-refractivity contribution is 6.27. The minimum absolute atomic E-state index is 0.0305. The van der Waals surface area contributed by atoms with Crippen molar-refractivity contribution >= 4 is 17.2 Å². The summed E-state index contributed by atoms with van der Waals surface area (Å²) >= 11 is 6.10. The molecule has 1 aromatic carbocycles. The summed E-state index contributed by atoms with van der Waals surface area (Å²) in [5.74, 6) is 0. The largest absolute Gasteiger partial charge is 0.193 e. The SMILES string of the molecule is N#C/C=C1\c2ccccc2C[C@@H]1Cl. The van der Waals surface area contributed by atoms with Crippen LogP contribution in [0.3, 0.4) is 0 Å². The zero-order valence-electron chi connectivity index (χ0n) is 7.00. The highest BCUT2D eigenvalue weighted by Crippen LogP contribution is 2.35. The van der Waals surface area contributed by atoms with Crippen LogP contribution in [0.4, 0.5) is 0 Å². The molecule has 2 rings (SSSR count). The number of nitriles is 1. The van der Waals surface area contributed by atoms with Crippen LogP contribution in [0, 0.1) is 11.3 Å². The first-order chi connectivity index (χ1) is 6.33. The van der Waals surface area contributed by atoms with Crippen LogP contribution in [0.25, 0.3) is 5.57 Å². The molecule has 1 atom stereocenters. The van der Waals surface area contributed by atoms with Crippen molar-refractivity contribution in [1.29, 1.82) is 5.26 Å². The fourth-order valence-corrected chi connectivity index (χ4v) is 2.04. The number of nitrogens with zero attached hydrogens (tertiary/aromatic N) is 1. The van der Waals surface area contributed by atoms with Crippen molar-refractivity contribution in [2.24, 2.45) is 0 Å². The van der Waals surface area contributed by atoms with E-state index in [4.69, 9.17) is 16.9 Å². The molecule has 0 fully saturated rings. The van der Waals surface area contributed by atoms with Gasteiger partial charge in [0.15, 0.2) is 0 Å². The van der Waals surface area contributed by atoms with E-state index < -0.39 is 0 Å². The Morgan fingerprint density at radius 3 is 3.00 bits per heavy atom. The molecule has 0 bridgehead atoms. The maximum atomic E-state index is 8.58. The number of hydrogen-bond acceptors (Lipinski definition) is 1. The number of allylic oxidation sites excluding steroid dienone is 2. The molecule has 1 aromatic rings. The molecule has 2 heteroatoms. The molecule has 0 amide bonds. The average molecular weight is 190 g/mol. The third-order valence-electron chi connectivity index (χ3n) is 2.29. The van der Waals surface area contributed by atoms with Gasteiger partial charge >= 0.3 is 0 Å². The van der Waals surface area contributed by atoms with Gasteiger partial charge in [0.2, 0.25) is 0 Å². The highest BCUT2D eigenvalue weighted by atomic mass is 35.5. The standard InChI is InChI=1S/C11H8ClN/c12-11-7-8-3-1-2-4-9(8)10(11)5-6-13/h1-5,11H,7H2/b10-5+/t11-/m0/s1. The summed E-state index contributed by atoms with van der Waals surface area (Å²) in [6.45, 7) is 0. The molecule has 1 aliphatic rings. The van der Waals surface area contributed by atoms with Crippen LogP contribution in [0.5, 0.6) is 0 Å². The van der Waals surface area contributed by atoms with Gasteiger partial charge in [0.1, 0.15) is 0 Å². The molecule has 0 saturated carbocycles. The van der Waals surface area contributed by atoms with Crippen LogP contribution >= 0.6 is 11.6 Å². The van der Waals surface area contributed by atoms with Crippen molar-refractivity contribution < 1.29 is 0 Å². The van der Waals surface area contributed by atoms with Gasteiger partial charge in [0, 0.05) is 6.08 Å².